The van der Waals surface area contributed by atoms with Crippen LogP contribution in [0.25, 0.3) is 0 Å². The Morgan fingerprint density at radius 3 is 2.35 bits per heavy atom. The van der Waals surface area contributed by atoms with Gasteiger partial charge in [0.15, 0.2) is 0 Å². The first-order valence-corrected chi connectivity index (χ1v) is 6.50. The van der Waals surface area contributed by atoms with Crippen LogP contribution in [0.1, 0.15) is 16.7 Å². The Morgan fingerprint density at radius 1 is 1.10 bits per heavy atom. The van der Waals surface area contributed by atoms with E-state index in [9.17, 15) is 10.1 Å². The fourth-order valence-corrected chi connectivity index (χ4v) is 1.95. The fourth-order valence-electron chi connectivity index (χ4n) is 1.76. The van der Waals surface area contributed by atoms with Crippen LogP contribution in [0.2, 0.25) is 5.02 Å². The first kappa shape index (κ1) is 14.5. The Balaban J connectivity index is 1.96. The van der Waals surface area contributed by atoms with Crippen LogP contribution in [0.3, 0.4) is 0 Å². The molecular formula is C15H14ClNO3. The number of hydrogen-bond donors (Lipinski definition) is 0. The molecule has 0 saturated carbocycles. The zero-order valence-electron chi connectivity index (χ0n) is 11.0. The third-order valence-corrected chi connectivity index (χ3v) is 3.18. The number of benzene rings is 2. The number of halogens is 1. The maximum Gasteiger partial charge on any atom is 0.288 e. The summed E-state index contributed by atoms with van der Waals surface area (Å²) in [5.74, 6) is 0. The number of rotatable bonds is 5. The molecule has 0 saturated heterocycles. The van der Waals surface area contributed by atoms with Gasteiger partial charge in [-0.25, -0.2) is 0 Å². The van der Waals surface area contributed by atoms with Gasteiger partial charge in [-0.1, -0.05) is 47.5 Å². The van der Waals surface area contributed by atoms with Gasteiger partial charge in [-0.15, -0.1) is 0 Å². The highest BCUT2D eigenvalue weighted by Crippen LogP contribution is 2.25. The van der Waals surface area contributed by atoms with E-state index in [-0.39, 0.29) is 10.7 Å². The monoisotopic (exact) mass is 291 g/mol. The first-order valence-electron chi connectivity index (χ1n) is 6.12. The van der Waals surface area contributed by atoms with Gasteiger partial charge >= 0.3 is 0 Å². The van der Waals surface area contributed by atoms with E-state index < -0.39 is 4.92 Å². The molecule has 2 rings (SSSR count). The van der Waals surface area contributed by atoms with Crippen LogP contribution in [0, 0.1) is 17.0 Å². The van der Waals surface area contributed by atoms with Crippen molar-refractivity contribution in [3.63, 3.8) is 0 Å². The second-order valence-electron chi connectivity index (χ2n) is 4.52. The zero-order chi connectivity index (χ0) is 14.5. The van der Waals surface area contributed by atoms with E-state index in [4.69, 9.17) is 16.3 Å². The number of nitrogens with zero attached hydrogens (tertiary/aromatic N) is 1. The molecule has 0 aliphatic rings. The minimum atomic E-state index is -0.494. The molecule has 2 aromatic rings. The molecule has 0 aromatic heterocycles. The number of nitro benzene ring substituents is 1. The van der Waals surface area contributed by atoms with E-state index in [1.54, 1.807) is 6.07 Å². The van der Waals surface area contributed by atoms with Crippen molar-refractivity contribution >= 4 is 17.3 Å². The third-order valence-electron chi connectivity index (χ3n) is 2.87. The lowest BCUT2D eigenvalue weighted by Crippen LogP contribution is -1.96. The summed E-state index contributed by atoms with van der Waals surface area (Å²) in [6, 6.07) is 12.7. The molecule has 0 spiro atoms. The molecule has 0 amide bonds. The predicted octanol–water partition coefficient (Wildman–Crippen LogP) is 4.27. The van der Waals surface area contributed by atoms with E-state index >= 15 is 0 Å². The van der Waals surface area contributed by atoms with Crippen LogP contribution in [0.15, 0.2) is 42.5 Å². The average molecular weight is 292 g/mol. The molecular weight excluding hydrogens is 278 g/mol. The van der Waals surface area contributed by atoms with Crippen LogP contribution >= 0.6 is 11.6 Å². The predicted molar refractivity (Wildman–Crippen MR) is 77.8 cm³/mol. The number of aryl methyl sites for hydroxylation is 1. The van der Waals surface area contributed by atoms with Crippen LogP contribution in [0.4, 0.5) is 5.69 Å². The molecule has 104 valence electrons. The third kappa shape index (κ3) is 3.79. The van der Waals surface area contributed by atoms with Gasteiger partial charge in [0.05, 0.1) is 18.1 Å². The molecule has 5 heteroatoms. The highest BCUT2D eigenvalue weighted by Gasteiger charge is 2.12. The maximum absolute atomic E-state index is 10.8. The Morgan fingerprint density at radius 2 is 1.70 bits per heavy atom. The molecule has 20 heavy (non-hydrogen) atoms. The van der Waals surface area contributed by atoms with E-state index in [1.165, 1.54) is 17.7 Å². The number of hydrogen-bond acceptors (Lipinski definition) is 3. The average Bonchev–Trinajstić information content (AvgIpc) is 2.42. The molecule has 0 atom stereocenters. The van der Waals surface area contributed by atoms with Gasteiger partial charge in [0.25, 0.3) is 5.69 Å². The summed E-state index contributed by atoms with van der Waals surface area (Å²) >= 11 is 5.75. The lowest BCUT2D eigenvalue weighted by atomic mass is 10.2. The number of nitro groups is 1. The largest absolute Gasteiger partial charge is 0.372 e. The molecule has 4 nitrogen and oxygen atoms in total. The van der Waals surface area contributed by atoms with Gasteiger partial charge in [0, 0.05) is 6.07 Å². The molecule has 0 fully saturated rings. The van der Waals surface area contributed by atoms with Crippen molar-refractivity contribution in [2.45, 2.75) is 20.1 Å². The molecule has 0 bridgehead atoms. The molecule has 0 heterocycles. The second kappa shape index (κ2) is 6.50. The van der Waals surface area contributed by atoms with Crippen molar-refractivity contribution in [1.82, 2.24) is 0 Å². The molecule has 0 unspecified atom stereocenters. The normalized spacial score (nSPS) is 10.5. The second-order valence-corrected chi connectivity index (χ2v) is 4.93. The van der Waals surface area contributed by atoms with Gasteiger partial charge in [-0.05, 0) is 24.1 Å². The minimum Gasteiger partial charge on any atom is -0.372 e. The van der Waals surface area contributed by atoms with Crippen LogP contribution in [-0.2, 0) is 18.0 Å². The van der Waals surface area contributed by atoms with Crippen molar-refractivity contribution in [2.24, 2.45) is 0 Å². The summed E-state index contributed by atoms with van der Waals surface area (Å²) in [7, 11) is 0. The topological polar surface area (TPSA) is 52.4 Å². The molecule has 0 radical (unpaired) electrons. The van der Waals surface area contributed by atoms with Gasteiger partial charge in [0.2, 0.25) is 0 Å². The highest BCUT2D eigenvalue weighted by atomic mass is 35.5. The maximum atomic E-state index is 10.8. The standard InChI is InChI=1S/C15H14ClNO3/c1-11-2-4-12(5-3-11)9-20-10-13-6-7-14(16)15(8-13)17(18)19/h2-8H,9-10H2,1H3. The summed E-state index contributed by atoms with van der Waals surface area (Å²) in [4.78, 5) is 10.3. The van der Waals surface area contributed by atoms with Crippen molar-refractivity contribution < 1.29 is 9.66 Å². The smallest absolute Gasteiger partial charge is 0.288 e. The molecule has 2 aromatic carbocycles. The van der Waals surface area contributed by atoms with Gasteiger partial charge in [-0.2, -0.15) is 0 Å². The highest BCUT2D eigenvalue weighted by molar-refractivity contribution is 6.32. The van der Waals surface area contributed by atoms with Gasteiger partial charge in [0.1, 0.15) is 5.02 Å². The van der Waals surface area contributed by atoms with Crippen LogP contribution in [-0.4, -0.2) is 4.92 Å². The first-order chi connectivity index (χ1) is 9.56. The van der Waals surface area contributed by atoms with Crippen molar-refractivity contribution in [2.75, 3.05) is 0 Å². The molecule has 0 N–H and O–H groups in total. The van der Waals surface area contributed by atoms with Gasteiger partial charge in [-0.3, -0.25) is 10.1 Å². The van der Waals surface area contributed by atoms with Crippen LogP contribution in [0.5, 0.6) is 0 Å². The minimum absolute atomic E-state index is 0.0943. The van der Waals surface area contributed by atoms with Crippen molar-refractivity contribution in [1.29, 1.82) is 0 Å². The summed E-state index contributed by atoms with van der Waals surface area (Å²) in [6.07, 6.45) is 0. The Kier molecular flexibility index (Phi) is 4.71. The summed E-state index contributed by atoms with van der Waals surface area (Å²) < 4.78 is 5.55. The number of ether oxygens (including phenoxy) is 1. The Labute approximate surface area is 122 Å². The fraction of sp³-hybridized carbons (Fsp3) is 0.200. The summed E-state index contributed by atoms with van der Waals surface area (Å²) in [5.41, 5.74) is 2.90. The molecule has 0 aliphatic heterocycles. The van der Waals surface area contributed by atoms with Crippen LogP contribution < -0.4 is 0 Å². The van der Waals surface area contributed by atoms with E-state index in [2.05, 4.69) is 0 Å². The summed E-state index contributed by atoms with van der Waals surface area (Å²) in [6.45, 7) is 2.81. The molecule has 0 aliphatic carbocycles. The lowest BCUT2D eigenvalue weighted by Gasteiger charge is -2.05. The lowest BCUT2D eigenvalue weighted by molar-refractivity contribution is -0.384. The van der Waals surface area contributed by atoms with Crippen molar-refractivity contribution in [3.8, 4) is 0 Å². The Bertz CT molecular complexity index is 611. The van der Waals surface area contributed by atoms with Crippen molar-refractivity contribution in [3.05, 3.63) is 74.3 Å². The van der Waals surface area contributed by atoms with Gasteiger partial charge < -0.3 is 4.74 Å². The zero-order valence-corrected chi connectivity index (χ0v) is 11.8. The summed E-state index contributed by atoms with van der Waals surface area (Å²) in [5, 5.41) is 10.9. The SMILES string of the molecule is Cc1ccc(COCc2ccc(Cl)c([N+](=O)[O-])c2)cc1. The quantitative estimate of drug-likeness (QED) is 0.610. The Hall–Kier alpha value is -1.91. The van der Waals surface area contributed by atoms with E-state index in [0.717, 1.165) is 11.1 Å². The van der Waals surface area contributed by atoms with E-state index in [0.29, 0.717) is 13.2 Å². The van der Waals surface area contributed by atoms with E-state index in [1.807, 2.05) is 31.2 Å².